The lowest BCUT2D eigenvalue weighted by atomic mass is 10.0. The molecule has 11 heavy (non-hydrogen) atoms. The smallest absolute Gasteiger partial charge is 0.0638 e. The highest BCUT2D eigenvalue weighted by molar-refractivity contribution is 7.80. The second kappa shape index (κ2) is 3.08. The topological polar surface area (TPSA) is 0 Å². The van der Waals surface area contributed by atoms with Crippen molar-refractivity contribution in [3.63, 3.8) is 0 Å². The van der Waals surface area contributed by atoms with Crippen molar-refractivity contribution in [1.82, 2.24) is 0 Å². The molecule has 0 fully saturated rings. The van der Waals surface area contributed by atoms with E-state index < -0.39 is 0 Å². The molecule has 0 aliphatic carbocycles. The Morgan fingerprint density at radius 2 is 1.64 bits per heavy atom. The highest BCUT2D eigenvalue weighted by Gasteiger charge is 2.15. The van der Waals surface area contributed by atoms with E-state index in [1.54, 1.807) is 0 Å². The van der Waals surface area contributed by atoms with Crippen LogP contribution >= 0.6 is 24.2 Å². The maximum atomic E-state index is 6.09. The van der Waals surface area contributed by atoms with Crippen LogP contribution in [-0.2, 0) is 4.87 Å². The molecule has 0 spiro atoms. The van der Waals surface area contributed by atoms with E-state index in [0.717, 1.165) is 10.5 Å². The Hall–Kier alpha value is -0.140. The summed E-state index contributed by atoms with van der Waals surface area (Å²) in [5, 5.41) is 0. The minimum atomic E-state index is -0.276. The highest BCUT2D eigenvalue weighted by Crippen LogP contribution is 2.27. The Labute approximate surface area is 78.0 Å². The van der Waals surface area contributed by atoms with Crippen LogP contribution in [-0.4, -0.2) is 0 Å². The van der Waals surface area contributed by atoms with Crippen molar-refractivity contribution in [1.29, 1.82) is 0 Å². The van der Waals surface area contributed by atoms with Gasteiger partial charge in [-0.1, -0.05) is 12.1 Å². The fourth-order valence-corrected chi connectivity index (χ4v) is 1.13. The third-order valence-corrected chi connectivity index (χ3v) is 2.07. The Morgan fingerprint density at radius 1 is 1.18 bits per heavy atom. The second-order valence-corrected chi connectivity index (χ2v) is 4.48. The molecule has 0 radical (unpaired) electrons. The molecule has 0 aliphatic rings. The number of benzene rings is 1. The second-order valence-electron chi connectivity index (χ2n) is 3.02. The molecule has 0 bridgehead atoms. The van der Waals surface area contributed by atoms with E-state index in [0.29, 0.717) is 0 Å². The van der Waals surface area contributed by atoms with Crippen LogP contribution in [0.15, 0.2) is 29.2 Å². The molecule has 0 unspecified atom stereocenters. The molecule has 0 nitrogen and oxygen atoms in total. The minimum absolute atomic E-state index is 0.276. The van der Waals surface area contributed by atoms with Crippen molar-refractivity contribution >= 4 is 24.2 Å². The fourth-order valence-electron chi connectivity index (χ4n) is 0.858. The standard InChI is InChI=1S/C9H11ClS/c1-9(2,10)7-3-5-8(11)6-4-7/h3-6,11H,1-2H3. The summed E-state index contributed by atoms with van der Waals surface area (Å²) in [6, 6.07) is 7.88. The van der Waals surface area contributed by atoms with Crippen molar-refractivity contribution in [2.75, 3.05) is 0 Å². The third-order valence-electron chi connectivity index (χ3n) is 1.55. The van der Waals surface area contributed by atoms with Crippen LogP contribution in [0, 0.1) is 0 Å². The molecule has 0 saturated heterocycles. The van der Waals surface area contributed by atoms with E-state index in [2.05, 4.69) is 12.6 Å². The zero-order chi connectivity index (χ0) is 8.48. The van der Waals surface area contributed by atoms with Crippen LogP contribution in [0.1, 0.15) is 19.4 Å². The van der Waals surface area contributed by atoms with Crippen LogP contribution in [0.2, 0.25) is 0 Å². The summed E-state index contributed by atoms with van der Waals surface area (Å²) in [6.07, 6.45) is 0. The molecule has 2 heteroatoms. The lowest BCUT2D eigenvalue weighted by Crippen LogP contribution is -2.06. The van der Waals surface area contributed by atoms with Gasteiger partial charge in [-0.2, -0.15) is 0 Å². The van der Waals surface area contributed by atoms with E-state index in [4.69, 9.17) is 11.6 Å². The third kappa shape index (κ3) is 2.42. The van der Waals surface area contributed by atoms with E-state index >= 15 is 0 Å². The average molecular weight is 187 g/mol. The van der Waals surface area contributed by atoms with E-state index in [9.17, 15) is 0 Å². The Kier molecular flexibility index (Phi) is 2.50. The van der Waals surface area contributed by atoms with Gasteiger partial charge in [-0.3, -0.25) is 0 Å². The number of hydrogen-bond acceptors (Lipinski definition) is 1. The average Bonchev–Trinajstić information content (AvgIpc) is 1.86. The number of hydrogen-bond donors (Lipinski definition) is 1. The maximum Gasteiger partial charge on any atom is 0.0638 e. The molecule has 0 atom stereocenters. The van der Waals surface area contributed by atoms with Gasteiger partial charge in [0.1, 0.15) is 0 Å². The molecule has 1 rings (SSSR count). The monoisotopic (exact) mass is 186 g/mol. The van der Waals surface area contributed by atoms with Gasteiger partial charge < -0.3 is 0 Å². The zero-order valence-electron chi connectivity index (χ0n) is 6.63. The summed E-state index contributed by atoms with van der Waals surface area (Å²) in [7, 11) is 0. The zero-order valence-corrected chi connectivity index (χ0v) is 8.28. The van der Waals surface area contributed by atoms with Crippen molar-refractivity contribution < 1.29 is 0 Å². The van der Waals surface area contributed by atoms with Gasteiger partial charge in [0.05, 0.1) is 4.87 Å². The summed E-state index contributed by atoms with van der Waals surface area (Å²) >= 11 is 10.3. The minimum Gasteiger partial charge on any atom is -0.143 e. The quantitative estimate of drug-likeness (QED) is 0.504. The normalized spacial score (nSPS) is 11.6. The van der Waals surface area contributed by atoms with Gasteiger partial charge in [0, 0.05) is 4.90 Å². The SMILES string of the molecule is CC(C)(Cl)c1ccc(S)cc1. The number of alkyl halides is 1. The largest absolute Gasteiger partial charge is 0.143 e. The van der Waals surface area contributed by atoms with Gasteiger partial charge in [-0.15, -0.1) is 24.2 Å². The summed E-state index contributed by atoms with van der Waals surface area (Å²) in [6.45, 7) is 3.95. The molecule has 0 amide bonds. The first-order valence-electron chi connectivity index (χ1n) is 3.48. The van der Waals surface area contributed by atoms with Crippen LogP contribution in [0.5, 0.6) is 0 Å². The summed E-state index contributed by atoms with van der Waals surface area (Å²) < 4.78 is 0. The summed E-state index contributed by atoms with van der Waals surface area (Å²) in [4.78, 5) is 0.691. The predicted octanol–water partition coefficient (Wildman–Crippen LogP) is 3.45. The van der Waals surface area contributed by atoms with Gasteiger partial charge in [0.2, 0.25) is 0 Å². The fraction of sp³-hybridized carbons (Fsp3) is 0.333. The molecule has 0 N–H and O–H groups in total. The van der Waals surface area contributed by atoms with Gasteiger partial charge in [0.25, 0.3) is 0 Å². The molecular weight excluding hydrogens is 176 g/mol. The predicted molar refractivity (Wildman–Crippen MR) is 52.6 cm³/mol. The van der Waals surface area contributed by atoms with Gasteiger partial charge in [-0.25, -0.2) is 0 Å². The Bertz CT molecular complexity index is 233. The maximum absolute atomic E-state index is 6.09. The van der Waals surface area contributed by atoms with E-state index in [1.165, 1.54) is 0 Å². The Morgan fingerprint density at radius 3 is 2.00 bits per heavy atom. The molecule has 0 aromatic heterocycles. The van der Waals surface area contributed by atoms with Gasteiger partial charge in [-0.05, 0) is 31.5 Å². The highest BCUT2D eigenvalue weighted by atomic mass is 35.5. The van der Waals surface area contributed by atoms with Crippen LogP contribution in [0.3, 0.4) is 0 Å². The Balaban J connectivity index is 2.99. The van der Waals surface area contributed by atoms with Gasteiger partial charge in [0.15, 0.2) is 0 Å². The molecule has 0 saturated carbocycles. The number of halogens is 1. The van der Waals surface area contributed by atoms with Gasteiger partial charge >= 0.3 is 0 Å². The van der Waals surface area contributed by atoms with Crippen molar-refractivity contribution in [2.45, 2.75) is 23.6 Å². The van der Waals surface area contributed by atoms with Crippen molar-refractivity contribution in [3.05, 3.63) is 29.8 Å². The van der Waals surface area contributed by atoms with Crippen LogP contribution < -0.4 is 0 Å². The molecular formula is C9H11ClS. The molecule has 1 aromatic rings. The number of thiol groups is 1. The first kappa shape index (κ1) is 8.95. The van der Waals surface area contributed by atoms with Crippen LogP contribution in [0.25, 0.3) is 0 Å². The van der Waals surface area contributed by atoms with Crippen molar-refractivity contribution in [2.24, 2.45) is 0 Å². The summed E-state index contributed by atoms with van der Waals surface area (Å²) in [5.74, 6) is 0. The van der Waals surface area contributed by atoms with E-state index in [1.807, 2.05) is 38.1 Å². The lowest BCUT2D eigenvalue weighted by Gasteiger charge is -2.15. The molecule has 1 aromatic carbocycles. The summed E-state index contributed by atoms with van der Waals surface area (Å²) in [5.41, 5.74) is 1.12. The molecule has 0 heterocycles. The first-order valence-corrected chi connectivity index (χ1v) is 4.31. The first-order chi connectivity index (χ1) is 5.00. The van der Waals surface area contributed by atoms with Crippen LogP contribution in [0.4, 0.5) is 0 Å². The molecule has 60 valence electrons. The molecule has 0 aliphatic heterocycles. The number of rotatable bonds is 1. The van der Waals surface area contributed by atoms with Crippen molar-refractivity contribution in [3.8, 4) is 0 Å². The lowest BCUT2D eigenvalue weighted by molar-refractivity contribution is 0.765. The van der Waals surface area contributed by atoms with E-state index in [-0.39, 0.29) is 4.87 Å².